The van der Waals surface area contributed by atoms with Gasteiger partial charge < -0.3 is 19.7 Å². The number of aliphatic hydroxyl groups is 2. The Hall–Kier alpha value is -0.490. The van der Waals surface area contributed by atoms with Crippen LogP contribution in [0.2, 0.25) is 0 Å². The zero-order valence-electron chi connectivity index (χ0n) is 9.39. The van der Waals surface area contributed by atoms with E-state index in [-0.39, 0.29) is 19.0 Å². The second kappa shape index (κ2) is 4.41. The zero-order chi connectivity index (χ0) is 11.8. The molecule has 0 aromatic heterocycles. The number of unbranched alkanes of at least 4 members (excludes halogenated alkanes) is 1. The maximum absolute atomic E-state index is 11.9. The lowest BCUT2D eigenvalue weighted by Crippen LogP contribution is -2.50. The summed E-state index contributed by atoms with van der Waals surface area (Å²) < 4.78 is 10.5. The topological polar surface area (TPSA) is 76.0 Å². The van der Waals surface area contributed by atoms with Gasteiger partial charge in [-0.3, -0.25) is 4.79 Å². The highest BCUT2D eigenvalue weighted by atomic mass is 16.6. The lowest BCUT2D eigenvalue weighted by Gasteiger charge is -2.24. The average Bonchev–Trinajstić information content (AvgIpc) is 2.79. The number of ketones is 1. The van der Waals surface area contributed by atoms with E-state index in [1.165, 1.54) is 0 Å². The first-order valence-electron chi connectivity index (χ1n) is 5.76. The Morgan fingerprint density at radius 2 is 2.25 bits per heavy atom. The Balaban J connectivity index is 2.05. The highest BCUT2D eigenvalue weighted by molar-refractivity contribution is 5.88. The summed E-state index contributed by atoms with van der Waals surface area (Å²) in [5.74, 6) is -0.240. The summed E-state index contributed by atoms with van der Waals surface area (Å²) in [5.41, 5.74) is -1.56. The van der Waals surface area contributed by atoms with Crippen LogP contribution >= 0.6 is 0 Å². The molecule has 16 heavy (non-hydrogen) atoms. The number of hydrogen-bond donors (Lipinski definition) is 2. The lowest BCUT2D eigenvalue weighted by atomic mass is 9.89. The van der Waals surface area contributed by atoms with E-state index in [9.17, 15) is 15.0 Å². The van der Waals surface area contributed by atoms with Gasteiger partial charge in [-0.1, -0.05) is 13.3 Å². The van der Waals surface area contributed by atoms with Crippen molar-refractivity contribution in [1.29, 1.82) is 0 Å². The molecule has 2 N–H and O–H groups in total. The molecule has 5 heteroatoms. The van der Waals surface area contributed by atoms with Gasteiger partial charge in [-0.2, -0.15) is 0 Å². The van der Waals surface area contributed by atoms with Crippen molar-refractivity contribution in [1.82, 2.24) is 0 Å². The van der Waals surface area contributed by atoms with Crippen molar-refractivity contribution in [2.75, 3.05) is 13.2 Å². The number of fused-ring (bicyclic) bond motifs is 1. The van der Waals surface area contributed by atoms with Crippen LogP contribution < -0.4 is 0 Å². The van der Waals surface area contributed by atoms with Crippen molar-refractivity contribution < 1.29 is 24.5 Å². The van der Waals surface area contributed by atoms with Crippen LogP contribution in [0.5, 0.6) is 0 Å². The van der Waals surface area contributed by atoms with Crippen LogP contribution in [0.3, 0.4) is 0 Å². The smallest absolute Gasteiger partial charge is 0.174 e. The number of carbonyl (C=O) groups excluding carboxylic acids is 1. The molecule has 2 saturated heterocycles. The van der Waals surface area contributed by atoms with E-state index in [1.807, 2.05) is 6.92 Å². The summed E-state index contributed by atoms with van der Waals surface area (Å²) in [7, 11) is 0. The highest BCUT2D eigenvalue weighted by Gasteiger charge is 2.58. The van der Waals surface area contributed by atoms with Gasteiger partial charge in [-0.25, -0.2) is 0 Å². The summed E-state index contributed by atoms with van der Waals surface area (Å²) in [5, 5.41) is 19.8. The third kappa shape index (κ3) is 1.78. The van der Waals surface area contributed by atoms with Crippen LogP contribution in [0.4, 0.5) is 0 Å². The Morgan fingerprint density at radius 3 is 2.94 bits per heavy atom. The lowest BCUT2D eigenvalue weighted by molar-refractivity contribution is -0.148. The van der Waals surface area contributed by atoms with Gasteiger partial charge in [-0.15, -0.1) is 0 Å². The minimum atomic E-state index is -1.56. The third-order valence-corrected chi connectivity index (χ3v) is 3.33. The number of carbonyl (C=O) groups is 1. The fourth-order valence-corrected chi connectivity index (χ4v) is 2.30. The maximum atomic E-state index is 11.9. The van der Waals surface area contributed by atoms with Gasteiger partial charge in [0, 0.05) is 6.42 Å². The first-order chi connectivity index (χ1) is 7.59. The maximum Gasteiger partial charge on any atom is 0.174 e. The summed E-state index contributed by atoms with van der Waals surface area (Å²) in [6, 6.07) is 0. The number of rotatable bonds is 4. The van der Waals surface area contributed by atoms with Gasteiger partial charge in [-0.05, 0) is 6.42 Å². The monoisotopic (exact) mass is 230 g/mol. The van der Waals surface area contributed by atoms with Gasteiger partial charge in [0.2, 0.25) is 0 Å². The van der Waals surface area contributed by atoms with E-state index < -0.39 is 23.9 Å². The molecule has 0 amide bonds. The normalized spacial score (nSPS) is 42.3. The molecular formula is C11H18O5. The van der Waals surface area contributed by atoms with Crippen molar-refractivity contribution in [3.8, 4) is 0 Å². The quantitative estimate of drug-likeness (QED) is 0.689. The van der Waals surface area contributed by atoms with Gasteiger partial charge >= 0.3 is 0 Å². The predicted octanol–water partition coefficient (Wildman–Crippen LogP) is -0.365. The van der Waals surface area contributed by atoms with Crippen LogP contribution in [-0.4, -0.2) is 53.1 Å². The van der Waals surface area contributed by atoms with E-state index in [0.717, 1.165) is 12.8 Å². The van der Waals surface area contributed by atoms with Crippen molar-refractivity contribution in [3.05, 3.63) is 0 Å². The van der Waals surface area contributed by atoms with Crippen molar-refractivity contribution >= 4 is 5.78 Å². The fourth-order valence-electron chi connectivity index (χ4n) is 2.30. The number of ether oxygens (including phenoxy) is 2. The minimum Gasteiger partial charge on any atom is -0.388 e. The molecule has 2 aliphatic rings. The van der Waals surface area contributed by atoms with Crippen molar-refractivity contribution in [2.45, 2.75) is 50.1 Å². The molecular weight excluding hydrogens is 212 g/mol. The Bertz CT molecular complexity index is 280. The Labute approximate surface area is 94.4 Å². The molecule has 2 aliphatic heterocycles. The molecule has 2 rings (SSSR count). The van der Waals surface area contributed by atoms with E-state index in [0.29, 0.717) is 6.42 Å². The first kappa shape index (κ1) is 12.0. The van der Waals surface area contributed by atoms with E-state index in [2.05, 4.69) is 0 Å². The van der Waals surface area contributed by atoms with E-state index in [1.54, 1.807) is 0 Å². The summed E-state index contributed by atoms with van der Waals surface area (Å²) in [6.45, 7) is 2.04. The zero-order valence-corrected chi connectivity index (χ0v) is 9.39. The van der Waals surface area contributed by atoms with Crippen molar-refractivity contribution in [3.63, 3.8) is 0 Å². The molecule has 0 aromatic rings. The Morgan fingerprint density at radius 1 is 1.50 bits per heavy atom. The van der Waals surface area contributed by atoms with E-state index >= 15 is 0 Å². The molecule has 2 heterocycles. The SMILES string of the molecule is CCCCC(=O)[C@]1(O)CO[C@@H]2[C@H](O)CO[C@@H]21. The first-order valence-corrected chi connectivity index (χ1v) is 5.76. The van der Waals surface area contributed by atoms with Gasteiger partial charge in [0.1, 0.15) is 18.3 Å². The second-order valence-corrected chi connectivity index (χ2v) is 4.55. The van der Waals surface area contributed by atoms with Gasteiger partial charge in [0.25, 0.3) is 0 Å². The summed E-state index contributed by atoms with van der Waals surface area (Å²) in [4.78, 5) is 11.9. The summed E-state index contributed by atoms with van der Waals surface area (Å²) in [6.07, 6.45) is -0.0131. The minimum absolute atomic E-state index is 0.0675. The van der Waals surface area contributed by atoms with Gasteiger partial charge in [0.15, 0.2) is 11.4 Å². The number of aliphatic hydroxyl groups excluding tert-OH is 1. The molecule has 0 spiro atoms. The van der Waals surface area contributed by atoms with Crippen LogP contribution in [0, 0.1) is 0 Å². The van der Waals surface area contributed by atoms with E-state index in [4.69, 9.17) is 9.47 Å². The molecule has 92 valence electrons. The molecule has 0 bridgehead atoms. The largest absolute Gasteiger partial charge is 0.388 e. The summed E-state index contributed by atoms with van der Waals surface area (Å²) >= 11 is 0. The van der Waals surface area contributed by atoms with Crippen LogP contribution in [0.15, 0.2) is 0 Å². The molecule has 2 fully saturated rings. The molecule has 4 atom stereocenters. The fraction of sp³-hybridized carbons (Fsp3) is 0.909. The molecule has 0 aliphatic carbocycles. The molecule has 5 nitrogen and oxygen atoms in total. The molecule has 0 saturated carbocycles. The second-order valence-electron chi connectivity index (χ2n) is 4.55. The predicted molar refractivity (Wildman–Crippen MR) is 55.0 cm³/mol. The molecule has 0 radical (unpaired) electrons. The standard InChI is InChI=1S/C11H18O5/c1-2-3-4-8(13)11(14)6-16-9-7(12)5-15-10(9)11/h7,9-10,12,14H,2-6H2,1H3/t7-,9-,10+,11-/m1/s1. The van der Waals surface area contributed by atoms with Crippen LogP contribution in [-0.2, 0) is 14.3 Å². The highest BCUT2D eigenvalue weighted by Crippen LogP contribution is 2.35. The Kier molecular flexibility index (Phi) is 3.30. The molecule has 0 aromatic carbocycles. The number of hydrogen-bond acceptors (Lipinski definition) is 5. The third-order valence-electron chi connectivity index (χ3n) is 3.33. The van der Waals surface area contributed by atoms with Crippen LogP contribution in [0.25, 0.3) is 0 Å². The molecule has 0 unspecified atom stereocenters. The average molecular weight is 230 g/mol. The van der Waals surface area contributed by atoms with Crippen LogP contribution in [0.1, 0.15) is 26.2 Å². The number of Topliss-reactive ketones (excluding diaryl/α,β-unsaturated/α-hetero) is 1. The van der Waals surface area contributed by atoms with Gasteiger partial charge in [0.05, 0.1) is 13.2 Å². The van der Waals surface area contributed by atoms with Crippen molar-refractivity contribution in [2.24, 2.45) is 0 Å².